The zero-order chi connectivity index (χ0) is 11.1. The van der Waals surface area contributed by atoms with Crippen LogP contribution in [0, 0.1) is 6.92 Å². The quantitative estimate of drug-likeness (QED) is 0.676. The first kappa shape index (κ1) is 9.03. The Morgan fingerprint density at radius 3 is 2.75 bits per heavy atom. The van der Waals surface area contributed by atoms with Gasteiger partial charge in [-0.15, -0.1) is 0 Å². The third-order valence-electron chi connectivity index (χ3n) is 2.60. The summed E-state index contributed by atoms with van der Waals surface area (Å²) in [6.07, 6.45) is 0. The zero-order valence-corrected chi connectivity index (χ0v) is 8.73. The summed E-state index contributed by atoms with van der Waals surface area (Å²) in [5.41, 5.74) is 8.01. The number of hydrogen-bond acceptors (Lipinski definition) is 4. The lowest BCUT2D eigenvalue weighted by molar-refractivity contribution is 0.436. The summed E-state index contributed by atoms with van der Waals surface area (Å²) in [6.45, 7) is 1.99. The van der Waals surface area contributed by atoms with Gasteiger partial charge in [0.2, 0.25) is 5.88 Å². The van der Waals surface area contributed by atoms with E-state index >= 15 is 0 Å². The van der Waals surface area contributed by atoms with Crippen LogP contribution in [0.2, 0.25) is 0 Å². The second-order valence-electron chi connectivity index (χ2n) is 3.67. The predicted molar refractivity (Wildman–Crippen MR) is 60.9 cm³/mol. The van der Waals surface area contributed by atoms with Gasteiger partial charge in [0.1, 0.15) is 5.58 Å². The summed E-state index contributed by atoms with van der Waals surface area (Å²) < 4.78 is 10.6. The summed E-state index contributed by atoms with van der Waals surface area (Å²) >= 11 is 0. The number of hydrogen-bond donors (Lipinski definition) is 1. The molecule has 3 aromatic rings. The normalized spacial score (nSPS) is 11.1. The molecule has 2 N–H and O–H groups in total. The molecule has 0 radical (unpaired) electrons. The Kier molecular flexibility index (Phi) is 1.77. The Morgan fingerprint density at radius 1 is 1.25 bits per heavy atom. The predicted octanol–water partition coefficient (Wildman–Crippen LogP) is 2.98. The fourth-order valence-electron chi connectivity index (χ4n) is 1.81. The lowest BCUT2D eigenvalue weighted by Crippen LogP contribution is -1.77. The van der Waals surface area contributed by atoms with Crippen LogP contribution in [0.25, 0.3) is 22.4 Å². The first-order valence-corrected chi connectivity index (χ1v) is 4.96. The van der Waals surface area contributed by atoms with Crippen LogP contribution in [0.5, 0.6) is 0 Å². The number of para-hydroxylation sites is 1. The highest BCUT2D eigenvalue weighted by molar-refractivity contribution is 5.87. The van der Waals surface area contributed by atoms with E-state index in [1.54, 1.807) is 6.07 Å². The standard InChI is InChI=1S/C12H10N2O2/c1-7-8-4-2-3-5-10(8)15-12(7)9-6-11(13)16-14-9/h2-6H,13H2,1H3. The molecule has 80 valence electrons. The number of anilines is 1. The maximum atomic E-state index is 5.72. The highest BCUT2D eigenvalue weighted by atomic mass is 16.5. The van der Waals surface area contributed by atoms with Gasteiger partial charge in [0.15, 0.2) is 11.5 Å². The van der Waals surface area contributed by atoms with Crippen molar-refractivity contribution >= 4 is 16.9 Å². The van der Waals surface area contributed by atoms with Crippen molar-refractivity contribution in [1.82, 2.24) is 5.16 Å². The second kappa shape index (κ2) is 3.13. The molecule has 0 unspecified atom stereocenters. The van der Waals surface area contributed by atoms with Crippen LogP contribution in [0.4, 0.5) is 5.88 Å². The number of fused-ring (bicyclic) bond motifs is 1. The molecule has 3 rings (SSSR count). The Hall–Kier alpha value is -2.23. The number of nitrogens with zero attached hydrogens (tertiary/aromatic N) is 1. The van der Waals surface area contributed by atoms with Gasteiger partial charge in [-0.2, -0.15) is 0 Å². The van der Waals surface area contributed by atoms with Crippen LogP contribution >= 0.6 is 0 Å². The summed E-state index contributed by atoms with van der Waals surface area (Å²) in [7, 11) is 0. The summed E-state index contributed by atoms with van der Waals surface area (Å²) in [4.78, 5) is 0. The fourth-order valence-corrected chi connectivity index (χ4v) is 1.81. The first-order valence-electron chi connectivity index (χ1n) is 4.96. The second-order valence-corrected chi connectivity index (χ2v) is 3.67. The van der Waals surface area contributed by atoms with Gasteiger partial charge in [-0.3, -0.25) is 0 Å². The molecule has 0 aliphatic heterocycles. The van der Waals surface area contributed by atoms with E-state index in [0.29, 0.717) is 11.5 Å². The molecule has 2 aromatic heterocycles. The van der Waals surface area contributed by atoms with Gasteiger partial charge in [0, 0.05) is 17.0 Å². The van der Waals surface area contributed by atoms with Crippen molar-refractivity contribution in [1.29, 1.82) is 0 Å². The third kappa shape index (κ3) is 1.20. The Labute approximate surface area is 91.6 Å². The molecule has 0 saturated carbocycles. The highest BCUT2D eigenvalue weighted by Gasteiger charge is 2.15. The molecule has 0 aliphatic rings. The van der Waals surface area contributed by atoms with E-state index in [1.165, 1.54) is 0 Å². The summed E-state index contributed by atoms with van der Waals surface area (Å²) in [6, 6.07) is 9.51. The molecule has 2 heterocycles. The maximum Gasteiger partial charge on any atom is 0.222 e. The molecule has 0 atom stereocenters. The van der Waals surface area contributed by atoms with Crippen LogP contribution in [-0.2, 0) is 0 Å². The van der Waals surface area contributed by atoms with Crippen molar-refractivity contribution in [2.75, 3.05) is 5.73 Å². The van der Waals surface area contributed by atoms with E-state index in [4.69, 9.17) is 14.7 Å². The topological polar surface area (TPSA) is 65.2 Å². The van der Waals surface area contributed by atoms with E-state index < -0.39 is 0 Å². The average Bonchev–Trinajstić information content (AvgIpc) is 2.84. The maximum absolute atomic E-state index is 5.72. The number of nitrogens with two attached hydrogens (primary N) is 1. The van der Waals surface area contributed by atoms with E-state index in [2.05, 4.69) is 5.16 Å². The smallest absolute Gasteiger partial charge is 0.222 e. The van der Waals surface area contributed by atoms with E-state index in [9.17, 15) is 0 Å². The minimum Gasteiger partial charge on any atom is -0.454 e. The monoisotopic (exact) mass is 214 g/mol. The third-order valence-corrected chi connectivity index (χ3v) is 2.60. The SMILES string of the molecule is Cc1c(-c2cc(N)on2)oc2ccccc12. The lowest BCUT2D eigenvalue weighted by Gasteiger charge is -1.89. The largest absolute Gasteiger partial charge is 0.454 e. The van der Waals surface area contributed by atoms with Gasteiger partial charge < -0.3 is 14.7 Å². The Balaban J connectivity index is 2.28. The van der Waals surface area contributed by atoms with Gasteiger partial charge in [0.25, 0.3) is 0 Å². The molecule has 0 amide bonds. The van der Waals surface area contributed by atoms with Crippen molar-refractivity contribution in [3.05, 3.63) is 35.9 Å². The average molecular weight is 214 g/mol. The molecule has 0 bridgehead atoms. The van der Waals surface area contributed by atoms with Crippen LogP contribution < -0.4 is 5.73 Å². The summed E-state index contributed by atoms with van der Waals surface area (Å²) in [5, 5.41) is 4.93. The van der Waals surface area contributed by atoms with E-state index in [-0.39, 0.29) is 5.88 Å². The molecule has 4 nitrogen and oxygen atoms in total. The Bertz CT molecular complexity index is 652. The molecule has 16 heavy (non-hydrogen) atoms. The van der Waals surface area contributed by atoms with Crippen molar-refractivity contribution in [2.45, 2.75) is 6.92 Å². The highest BCUT2D eigenvalue weighted by Crippen LogP contribution is 2.32. The minimum absolute atomic E-state index is 0.287. The molecule has 0 saturated heterocycles. The number of furan rings is 1. The van der Waals surface area contributed by atoms with Crippen molar-refractivity contribution < 1.29 is 8.94 Å². The zero-order valence-electron chi connectivity index (χ0n) is 8.73. The molecular weight excluding hydrogens is 204 g/mol. The number of aromatic nitrogens is 1. The number of nitrogen functional groups attached to an aromatic ring is 1. The molecular formula is C12H10N2O2. The summed E-state index contributed by atoms with van der Waals surface area (Å²) in [5.74, 6) is 0.997. The number of rotatable bonds is 1. The van der Waals surface area contributed by atoms with Gasteiger partial charge in [-0.05, 0) is 13.0 Å². The fraction of sp³-hybridized carbons (Fsp3) is 0.0833. The molecule has 1 aromatic carbocycles. The molecule has 0 fully saturated rings. The number of benzene rings is 1. The van der Waals surface area contributed by atoms with Crippen LogP contribution in [0.3, 0.4) is 0 Å². The van der Waals surface area contributed by atoms with Crippen LogP contribution in [-0.4, -0.2) is 5.16 Å². The van der Waals surface area contributed by atoms with Crippen LogP contribution in [0.15, 0.2) is 39.3 Å². The van der Waals surface area contributed by atoms with E-state index in [1.807, 2.05) is 31.2 Å². The van der Waals surface area contributed by atoms with Crippen molar-refractivity contribution in [3.63, 3.8) is 0 Å². The molecule has 0 aliphatic carbocycles. The molecule has 4 heteroatoms. The van der Waals surface area contributed by atoms with Crippen LogP contribution in [0.1, 0.15) is 5.56 Å². The first-order chi connectivity index (χ1) is 7.75. The van der Waals surface area contributed by atoms with Crippen molar-refractivity contribution in [2.24, 2.45) is 0 Å². The molecule has 0 spiro atoms. The Morgan fingerprint density at radius 2 is 2.06 bits per heavy atom. The lowest BCUT2D eigenvalue weighted by atomic mass is 10.1. The van der Waals surface area contributed by atoms with Gasteiger partial charge in [-0.25, -0.2) is 0 Å². The van der Waals surface area contributed by atoms with E-state index in [0.717, 1.165) is 16.5 Å². The van der Waals surface area contributed by atoms with Crippen molar-refractivity contribution in [3.8, 4) is 11.5 Å². The van der Waals surface area contributed by atoms with Gasteiger partial charge >= 0.3 is 0 Å². The number of aryl methyl sites for hydroxylation is 1. The van der Waals surface area contributed by atoms with Gasteiger partial charge in [0.05, 0.1) is 0 Å². The van der Waals surface area contributed by atoms with Gasteiger partial charge in [-0.1, -0.05) is 23.4 Å². The minimum atomic E-state index is 0.287.